The number of non-ortho nitro benzene ring substituents is 1. The van der Waals surface area contributed by atoms with Crippen LogP contribution in [0, 0.1) is 34.1 Å². The van der Waals surface area contributed by atoms with Crippen molar-refractivity contribution in [1.82, 2.24) is 0 Å². The summed E-state index contributed by atoms with van der Waals surface area (Å²) < 4.78 is 0. The Labute approximate surface area is 131 Å². The number of anilines is 1. The van der Waals surface area contributed by atoms with E-state index in [1.165, 1.54) is 0 Å². The SMILES string of the molecule is Cc1cccc(NC(=O)c2ccc([N+](=O)[O-])cc2[N+](=O)[O-])c1C. The lowest BCUT2D eigenvalue weighted by Crippen LogP contribution is -2.15. The summed E-state index contributed by atoms with van der Waals surface area (Å²) in [7, 11) is 0. The molecule has 8 nitrogen and oxygen atoms in total. The molecule has 0 saturated heterocycles. The molecule has 2 aromatic carbocycles. The normalized spacial score (nSPS) is 10.2. The molecule has 0 radical (unpaired) electrons. The first-order chi connectivity index (χ1) is 10.8. The van der Waals surface area contributed by atoms with Gasteiger partial charge in [0.1, 0.15) is 5.56 Å². The highest BCUT2D eigenvalue weighted by Crippen LogP contribution is 2.26. The minimum absolute atomic E-state index is 0.235. The van der Waals surface area contributed by atoms with Crippen LogP contribution in [-0.4, -0.2) is 15.8 Å². The van der Waals surface area contributed by atoms with Gasteiger partial charge in [-0.05, 0) is 37.1 Å². The molecule has 2 aromatic rings. The predicted molar refractivity (Wildman–Crippen MR) is 83.6 cm³/mol. The molecule has 2 rings (SSSR count). The monoisotopic (exact) mass is 315 g/mol. The number of rotatable bonds is 4. The Morgan fingerprint density at radius 3 is 2.35 bits per heavy atom. The Balaban J connectivity index is 2.41. The fraction of sp³-hybridized carbons (Fsp3) is 0.133. The second kappa shape index (κ2) is 6.22. The van der Waals surface area contributed by atoms with E-state index >= 15 is 0 Å². The topological polar surface area (TPSA) is 115 Å². The molecule has 0 atom stereocenters. The Kier molecular flexibility index (Phi) is 4.35. The quantitative estimate of drug-likeness (QED) is 0.686. The van der Waals surface area contributed by atoms with Crippen LogP contribution in [0.15, 0.2) is 36.4 Å². The predicted octanol–water partition coefficient (Wildman–Crippen LogP) is 3.37. The second-order valence-corrected chi connectivity index (χ2v) is 4.92. The van der Waals surface area contributed by atoms with Gasteiger partial charge in [-0.3, -0.25) is 25.0 Å². The van der Waals surface area contributed by atoms with Crippen molar-refractivity contribution < 1.29 is 14.6 Å². The standard InChI is InChI=1S/C15H13N3O5/c1-9-4-3-5-13(10(9)2)16-15(19)12-7-6-11(17(20)21)8-14(12)18(22)23/h3-8H,1-2H3,(H,16,19). The van der Waals surface area contributed by atoms with Crippen molar-refractivity contribution in [2.24, 2.45) is 0 Å². The number of hydrogen-bond acceptors (Lipinski definition) is 5. The fourth-order valence-electron chi connectivity index (χ4n) is 2.05. The summed E-state index contributed by atoms with van der Waals surface area (Å²) in [4.78, 5) is 32.5. The average molecular weight is 315 g/mol. The lowest BCUT2D eigenvalue weighted by Gasteiger charge is -2.10. The summed E-state index contributed by atoms with van der Waals surface area (Å²) in [6, 6.07) is 8.22. The minimum atomic E-state index is -0.814. The van der Waals surface area contributed by atoms with Gasteiger partial charge in [0.05, 0.1) is 15.9 Å². The first-order valence-electron chi connectivity index (χ1n) is 6.61. The number of benzene rings is 2. The van der Waals surface area contributed by atoms with E-state index in [1.54, 1.807) is 12.1 Å². The van der Waals surface area contributed by atoms with Crippen molar-refractivity contribution in [2.45, 2.75) is 13.8 Å². The third kappa shape index (κ3) is 3.31. The summed E-state index contributed by atoms with van der Waals surface area (Å²) in [6.07, 6.45) is 0. The number of carbonyl (C=O) groups excluding carboxylic acids is 1. The molecule has 1 amide bonds. The molecule has 0 fully saturated rings. The van der Waals surface area contributed by atoms with Gasteiger partial charge in [-0.15, -0.1) is 0 Å². The molecule has 118 valence electrons. The molecule has 8 heteroatoms. The first kappa shape index (κ1) is 16.1. The van der Waals surface area contributed by atoms with Crippen LogP contribution in [0.5, 0.6) is 0 Å². The molecule has 23 heavy (non-hydrogen) atoms. The molecule has 0 aromatic heterocycles. The summed E-state index contributed by atoms with van der Waals surface area (Å²) in [5.41, 5.74) is 1.04. The highest BCUT2D eigenvalue weighted by atomic mass is 16.6. The molecular formula is C15H13N3O5. The summed E-state index contributed by atoms with van der Waals surface area (Å²) in [5.74, 6) is -0.694. The fourth-order valence-corrected chi connectivity index (χ4v) is 2.05. The maximum absolute atomic E-state index is 12.3. The summed E-state index contributed by atoms with van der Waals surface area (Å²) in [6.45, 7) is 3.69. The van der Waals surface area contributed by atoms with Crippen LogP contribution in [0.1, 0.15) is 21.5 Å². The van der Waals surface area contributed by atoms with E-state index in [4.69, 9.17) is 0 Å². The Morgan fingerprint density at radius 1 is 1.04 bits per heavy atom. The minimum Gasteiger partial charge on any atom is -0.322 e. The van der Waals surface area contributed by atoms with E-state index in [2.05, 4.69) is 5.32 Å². The molecule has 0 aliphatic rings. The zero-order valence-corrected chi connectivity index (χ0v) is 12.4. The van der Waals surface area contributed by atoms with Gasteiger partial charge in [-0.2, -0.15) is 0 Å². The van der Waals surface area contributed by atoms with E-state index < -0.39 is 27.1 Å². The third-order valence-electron chi connectivity index (χ3n) is 3.49. The van der Waals surface area contributed by atoms with Crippen LogP contribution < -0.4 is 5.32 Å². The Morgan fingerprint density at radius 2 is 1.74 bits per heavy atom. The Bertz CT molecular complexity index is 817. The number of nitrogens with one attached hydrogen (secondary N) is 1. The van der Waals surface area contributed by atoms with Gasteiger partial charge >= 0.3 is 0 Å². The van der Waals surface area contributed by atoms with Gasteiger partial charge in [-0.25, -0.2) is 0 Å². The van der Waals surface area contributed by atoms with Crippen LogP contribution in [0.25, 0.3) is 0 Å². The summed E-state index contributed by atoms with van der Waals surface area (Å²) >= 11 is 0. The second-order valence-electron chi connectivity index (χ2n) is 4.92. The van der Waals surface area contributed by atoms with Crippen LogP contribution >= 0.6 is 0 Å². The number of aryl methyl sites for hydroxylation is 1. The molecule has 0 spiro atoms. The average Bonchev–Trinajstić information content (AvgIpc) is 2.51. The zero-order valence-electron chi connectivity index (χ0n) is 12.4. The lowest BCUT2D eigenvalue weighted by molar-refractivity contribution is -0.394. The number of nitro benzene ring substituents is 2. The molecule has 0 unspecified atom stereocenters. The molecule has 0 saturated carbocycles. The Hall–Kier alpha value is -3.29. The van der Waals surface area contributed by atoms with Crippen LogP contribution in [0.4, 0.5) is 17.1 Å². The van der Waals surface area contributed by atoms with Gasteiger partial charge < -0.3 is 5.32 Å². The first-order valence-corrected chi connectivity index (χ1v) is 6.61. The highest BCUT2D eigenvalue weighted by Gasteiger charge is 2.24. The molecule has 0 aliphatic carbocycles. The van der Waals surface area contributed by atoms with Crippen molar-refractivity contribution in [3.8, 4) is 0 Å². The molecule has 0 bridgehead atoms. The maximum Gasteiger partial charge on any atom is 0.289 e. The largest absolute Gasteiger partial charge is 0.322 e. The smallest absolute Gasteiger partial charge is 0.289 e. The van der Waals surface area contributed by atoms with Crippen LogP contribution in [0.2, 0.25) is 0 Å². The van der Waals surface area contributed by atoms with E-state index in [0.29, 0.717) is 5.69 Å². The number of hydrogen-bond donors (Lipinski definition) is 1. The van der Waals surface area contributed by atoms with E-state index in [9.17, 15) is 25.0 Å². The van der Waals surface area contributed by atoms with Crippen molar-refractivity contribution in [1.29, 1.82) is 0 Å². The van der Waals surface area contributed by atoms with Crippen molar-refractivity contribution >= 4 is 23.0 Å². The van der Waals surface area contributed by atoms with Crippen molar-refractivity contribution in [3.05, 3.63) is 73.3 Å². The van der Waals surface area contributed by atoms with Gasteiger partial charge in [0.15, 0.2) is 0 Å². The van der Waals surface area contributed by atoms with Crippen molar-refractivity contribution in [3.63, 3.8) is 0 Å². The third-order valence-corrected chi connectivity index (χ3v) is 3.49. The number of nitrogens with zero attached hydrogens (tertiary/aromatic N) is 2. The van der Waals surface area contributed by atoms with E-state index in [1.807, 2.05) is 19.9 Å². The van der Waals surface area contributed by atoms with Gasteiger partial charge in [0.25, 0.3) is 17.3 Å². The van der Waals surface area contributed by atoms with E-state index in [0.717, 1.165) is 29.3 Å². The zero-order chi connectivity index (χ0) is 17.1. The van der Waals surface area contributed by atoms with E-state index in [-0.39, 0.29) is 5.56 Å². The van der Waals surface area contributed by atoms with Crippen molar-refractivity contribution in [2.75, 3.05) is 5.32 Å². The summed E-state index contributed by atoms with van der Waals surface area (Å²) in [5, 5.41) is 24.4. The van der Waals surface area contributed by atoms with Gasteiger partial charge in [0, 0.05) is 11.8 Å². The number of nitro groups is 2. The van der Waals surface area contributed by atoms with Crippen LogP contribution in [-0.2, 0) is 0 Å². The van der Waals surface area contributed by atoms with Crippen LogP contribution in [0.3, 0.4) is 0 Å². The van der Waals surface area contributed by atoms with Gasteiger partial charge in [-0.1, -0.05) is 12.1 Å². The molecular weight excluding hydrogens is 302 g/mol. The molecule has 1 N–H and O–H groups in total. The number of amides is 1. The molecule has 0 aliphatic heterocycles. The lowest BCUT2D eigenvalue weighted by atomic mass is 10.1. The number of carbonyl (C=O) groups is 1. The maximum atomic E-state index is 12.3. The van der Waals surface area contributed by atoms with Gasteiger partial charge in [0.2, 0.25) is 0 Å². The molecule has 0 heterocycles. The highest BCUT2D eigenvalue weighted by molar-refractivity contribution is 6.07.